The first kappa shape index (κ1) is 18.0. The highest BCUT2D eigenvalue weighted by molar-refractivity contribution is 5.25. The van der Waals surface area contributed by atoms with Crippen LogP contribution in [0.15, 0.2) is 41.5 Å². The summed E-state index contributed by atoms with van der Waals surface area (Å²) in [6.45, 7) is 6.92. The van der Waals surface area contributed by atoms with Gasteiger partial charge in [-0.05, 0) is 50.5 Å². The lowest BCUT2D eigenvalue weighted by molar-refractivity contribution is 0.679. The molecule has 0 spiro atoms. The molecule has 0 heteroatoms. The molecule has 0 fully saturated rings. The molecular formula is C21H34. The van der Waals surface area contributed by atoms with Crippen LogP contribution in [-0.4, -0.2) is 0 Å². The summed E-state index contributed by atoms with van der Waals surface area (Å²) in [5, 5.41) is 0. The van der Waals surface area contributed by atoms with Crippen molar-refractivity contribution in [3.05, 3.63) is 47.0 Å². The Morgan fingerprint density at radius 3 is 1.62 bits per heavy atom. The molecule has 0 aromatic heterocycles. The van der Waals surface area contributed by atoms with Gasteiger partial charge in [-0.2, -0.15) is 0 Å². The highest BCUT2D eigenvalue weighted by Gasteiger charge is 2.08. The number of benzene rings is 1. The van der Waals surface area contributed by atoms with Crippen LogP contribution < -0.4 is 0 Å². The molecule has 21 heavy (non-hydrogen) atoms. The summed E-state index contributed by atoms with van der Waals surface area (Å²) in [5.74, 6) is 0. The predicted octanol–water partition coefficient (Wildman–Crippen LogP) is 7.10. The highest BCUT2D eigenvalue weighted by Crippen LogP contribution is 2.26. The van der Waals surface area contributed by atoms with Crippen molar-refractivity contribution in [2.24, 2.45) is 0 Å². The Morgan fingerprint density at radius 2 is 1.14 bits per heavy atom. The first-order valence-corrected chi connectivity index (χ1v) is 9.05. The summed E-state index contributed by atoms with van der Waals surface area (Å²) in [6.07, 6.45) is 13.1. The lowest BCUT2D eigenvalue weighted by atomic mass is 9.90. The second kappa shape index (κ2) is 11.6. The molecule has 0 aliphatic rings. The molecule has 0 amide bonds. The van der Waals surface area contributed by atoms with Crippen LogP contribution >= 0.6 is 0 Å². The normalized spacial score (nSPS) is 10.6. The third-order valence-electron chi connectivity index (χ3n) is 4.26. The van der Waals surface area contributed by atoms with Gasteiger partial charge >= 0.3 is 0 Å². The van der Waals surface area contributed by atoms with Crippen LogP contribution in [-0.2, 0) is 6.42 Å². The van der Waals surface area contributed by atoms with Crippen LogP contribution in [0.2, 0.25) is 0 Å². The first-order valence-electron chi connectivity index (χ1n) is 9.05. The van der Waals surface area contributed by atoms with Crippen LogP contribution in [0, 0.1) is 0 Å². The van der Waals surface area contributed by atoms with E-state index >= 15 is 0 Å². The van der Waals surface area contributed by atoms with E-state index in [2.05, 4.69) is 51.1 Å². The fourth-order valence-corrected chi connectivity index (χ4v) is 2.88. The fraction of sp³-hybridized carbons (Fsp3) is 0.619. The van der Waals surface area contributed by atoms with E-state index in [1.165, 1.54) is 69.8 Å². The number of hydrogen-bond donors (Lipinski definition) is 0. The van der Waals surface area contributed by atoms with Crippen molar-refractivity contribution < 1.29 is 0 Å². The Morgan fingerprint density at radius 1 is 0.667 bits per heavy atom. The van der Waals surface area contributed by atoms with E-state index in [-0.39, 0.29) is 0 Å². The van der Waals surface area contributed by atoms with Crippen LogP contribution in [0.25, 0.3) is 0 Å². The fourth-order valence-electron chi connectivity index (χ4n) is 2.88. The Balaban J connectivity index is 2.87. The summed E-state index contributed by atoms with van der Waals surface area (Å²) in [6, 6.07) is 11.0. The quantitative estimate of drug-likeness (QED) is 0.381. The van der Waals surface area contributed by atoms with Crippen molar-refractivity contribution in [1.29, 1.82) is 0 Å². The number of unbranched alkanes of at least 4 members (excludes halogenated alkanes) is 3. The lowest BCUT2D eigenvalue weighted by Crippen LogP contribution is -1.99. The molecule has 0 aliphatic heterocycles. The standard InChI is InChI=1S/C21H34/c1-4-7-15-20(16-8-5-2)21(17-9-6-3)18-19-13-11-10-12-14-19/h10-14H,4-9,15-18H2,1-3H3. The van der Waals surface area contributed by atoms with Crippen molar-refractivity contribution in [3.63, 3.8) is 0 Å². The molecule has 0 radical (unpaired) electrons. The zero-order valence-corrected chi connectivity index (χ0v) is 14.5. The van der Waals surface area contributed by atoms with Gasteiger partial charge in [0.2, 0.25) is 0 Å². The monoisotopic (exact) mass is 286 g/mol. The number of rotatable bonds is 11. The van der Waals surface area contributed by atoms with Crippen molar-refractivity contribution in [1.82, 2.24) is 0 Å². The molecule has 1 rings (SSSR count). The Kier molecular flexibility index (Phi) is 9.95. The van der Waals surface area contributed by atoms with Crippen LogP contribution in [0.5, 0.6) is 0 Å². The molecule has 0 aliphatic carbocycles. The maximum Gasteiger partial charge on any atom is -0.00644 e. The van der Waals surface area contributed by atoms with Crippen molar-refractivity contribution in [2.75, 3.05) is 0 Å². The SMILES string of the molecule is CCCCC(CCCC)=C(CCCC)Cc1ccccc1. The van der Waals surface area contributed by atoms with E-state index in [0.717, 1.165) is 0 Å². The lowest BCUT2D eigenvalue weighted by Gasteiger charge is -2.16. The second-order valence-corrected chi connectivity index (χ2v) is 6.18. The largest absolute Gasteiger partial charge is 0.0707 e. The van der Waals surface area contributed by atoms with Gasteiger partial charge in [0.05, 0.1) is 0 Å². The van der Waals surface area contributed by atoms with Gasteiger partial charge < -0.3 is 0 Å². The topological polar surface area (TPSA) is 0 Å². The van der Waals surface area contributed by atoms with E-state index in [1.807, 2.05) is 0 Å². The van der Waals surface area contributed by atoms with Gasteiger partial charge in [0, 0.05) is 0 Å². The molecule has 0 heterocycles. The summed E-state index contributed by atoms with van der Waals surface area (Å²) in [4.78, 5) is 0. The van der Waals surface area contributed by atoms with Gasteiger partial charge in [-0.25, -0.2) is 0 Å². The maximum atomic E-state index is 2.31. The van der Waals surface area contributed by atoms with Gasteiger partial charge in [-0.15, -0.1) is 0 Å². The predicted molar refractivity (Wildman–Crippen MR) is 95.7 cm³/mol. The zero-order valence-electron chi connectivity index (χ0n) is 14.5. The summed E-state index contributed by atoms with van der Waals surface area (Å²) >= 11 is 0. The van der Waals surface area contributed by atoms with Gasteiger partial charge in [0.1, 0.15) is 0 Å². The average molecular weight is 287 g/mol. The minimum Gasteiger partial charge on any atom is -0.0707 e. The van der Waals surface area contributed by atoms with Crippen molar-refractivity contribution >= 4 is 0 Å². The summed E-state index contributed by atoms with van der Waals surface area (Å²) in [7, 11) is 0. The van der Waals surface area contributed by atoms with Crippen LogP contribution in [0.4, 0.5) is 0 Å². The van der Waals surface area contributed by atoms with E-state index in [4.69, 9.17) is 0 Å². The molecule has 0 saturated carbocycles. The Labute approximate surface area is 132 Å². The smallest absolute Gasteiger partial charge is 0.00644 e. The molecule has 1 aromatic rings. The third-order valence-corrected chi connectivity index (χ3v) is 4.26. The molecule has 1 aromatic carbocycles. The van der Waals surface area contributed by atoms with Gasteiger partial charge in [-0.3, -0.25) is 0 Å². The summed E-state index contributed by atoms with van der Waals surface area (Å²) in [5.41, 5.74) is 5.00. The van der Waals surface area contributed by atoms with E-state index < -0.39 is 0 Å². The average Bonchev–Trinajstić information content (AvgIpc) is 2.53. The van der Waals surface area contributed by atoms with Crippen LogP contribution in [0.3, 0.4) is 0 Å². The maximum absolute atomic E-state index is 2.31. The number of hydrogen-bond acceptors (Lipinski definition) is 0. The van der Waals surface area contributed by atoms with E-state index in [0.29, 0.717) is 0 Å². The zero-order chi connectivity index (χ0) is 15.3. The number of allylic oxidation sites excluding steroid dienone is 2. The molecule has 0 bridgehead atoms. The van der Waals surface area contributed by atoms with Crippen molar-refractivity contribution in [3.8, 4) is 0 Å². The molecule has 0 atom stereocenters. The second-order valence-electron chi connectivity index (χ2n) is 6.18. The minimum atomic E-state index is 1.17. The molecule has 0 saturated heterocycles. The van der Waals surface area contributed by atoms with Gasteiger partial charge in [-0.1, -0.05) is 81.5 Å². The summed E-state index contributed by atoms with van der Waals surface area (Å²) < 4.78 is 0. The molecule has 0 unspecified atom stereocenters. The minimum absolute atomic E-state index is 1.17. The third kappa shape index (κ3) is 7.50. The molecule has 0 N–H and O–H groups in total. The highest BCUT2D eigenvalue weighted by atomic mass is 14.1. The van der Waals surface area contributed by atoms with E-state index in [1.54, 1.807) is 11.1 Å². The molecule has 0 nitrogen and oxygen atoms in total. The molecular weight excluding hydrogens is 252 g/mol. The Hall–Kier alpha value is -1.04. The van der Waals surface area contributed by atoms with Gasteiger partial charge in [0.15, 0.2) is 0 Å². The van der Waals surface area contributed by atoms with Gasteiger partial charge in [0.25, 0.3) is 0 Å². The Bertz CT molecular complexity index is 376. The molecule has 118 valence electrons. The van der Waals surface area contributed by atoms with E-state index in [9.17, 15) is 0 Å². The van der Waals surface area contributed by atoms with Crippen molar-refractivity contribution in [2.45, 2.75) is 85.0 Å². The first-order chi connectivity index (χ1) is 10.3. The van der Waals surface area contributed by atoms with Crippen LogP contribution in [0.1, 0.15) is 84.1 Å².